The third-order valence-electron chi connectivity index (χ3n) is 6.65. The third kappa shape index (κ3) is 5.83. The lowest BCUT2D eigenvalue weighted by Gasteiger charge is -2.23. The van der Waals surface area contributed by atoms with Gasteiger partial charge in [-0.15, -0.1) is 0 Å². The van der Waals surface area contributed by atoms with Crippen molar-refractivity contribution in [2.45, 2.75) is 45.2 Å². The molecule has 1 aromatic heterocycles. The van der Waals surface area contributed by atoms with E-state index in [1.807, 2.05) is 75.5 Å². The van der Waals surface area contributed by atoms with Crippen molar-refractivity contribution in [2.24, 2.45) is 7.05 Å². The molecule has 0 aliphatic carbocycles. The maximum absolute atomic E-state index is 13.2. The van der Waals surface area contributed by atoms with Gasteiger partial charge >= 0.3 is 0 Å². The maximum Gasteiger partial charge on any atom is 0.295 e. The zero-order valence-electron chi connectivity index (χ0n) is 21.1. The second kappa shape index (κ2) is 11.7. The van der Waals surface area contributed by atoms with Gasteiger partial charge in [0.05, 0.1) is 17.4 Å². The standard InChI is InChI=1S/C30H34N4O2/c1-22(29(35)32-28-23(2)33(3)34(30(28)36)26-19-11-6-12-20-26)31-27(25-17-9-5-10-18-25)21-13-16-24-14-7-4-8-15-24/h4-12,14-15,17-20,22,27,31H,13,16,21H2,1-3H3,(H,32,35)/t22-,27+/m0/s1. The highest BCUT2D eigenvalue weighted by Crippen LogP contribution is 2.21. The molecule has 0 aliphatic heterocycles. The summed E-state index contributed by atoms with van der Waals surface area (Å²) in [5.41, 5.74) is 3.97. The third-order valence-corrected chi connectivity index (χ3v) is 6.65. The number of benzene rings is 3. The van der Waals surface area contributed by atoms with Crippen molar-refractivity contribution in [2.75, 3.05) is 5.32 Å². The number of nitrogens with one attached hydrogen (secondary N) is 2. The summed E-state index contributed by atoms with van der Waals surface area (Å²) in [5.74, 6) is -0.231. The molecule has 0 spiro atoms. The van der Waals surface area contributed by atoms with Gasteiger partial charge in [0, 0.05) is 13.1 Å². The van der Waals surface area contributed by atoms with Crippen molar-refractivity contribution < 1.29 is 4.79 Å². The lowest BCUT2D eigenvalue weighted by atomic mass is 9.98. The zero-order chi connectivity index (χ0) is 25.5. The SMILES string of the molecule is Cc1c(NC(=O)[C@H](C)N[C@H](CCCc2ccccc2)c2ccccc2)c(=O)n(-c2ccccc2)n1C. The van der Waals surface area contributed by atoms with Crippen molar-refractivity contribution in [3.8, 4) is 5.69 Å². The van der Waals surface area contributed by atoms with E-state index >= 15 is 0 Å². The van der Waals surface area contributed by atoms with Crippen molar-refractivity contribution in [3.63, 3.8) is 0 Å². The molecule has 6 nitrogen and oxygen atoms in total. The van der Waals surface area contributed by atoms with Crippen molar-refractivity contribution in [1.29, 1.82) is 0 Å². The minimum absolute atomic E-state index is 0.0218. The Bertz CT molecular complexity index is 1330. The molecule has 0 radical (unpaired) electrons. The quantitative estimate of drug-likeness (QED) is 0.328. The van der Waals surface area contributed by atoms with Gasteiger partial charge in [0.1, 0.15) is 5.69 Å². The van der Waals surface area contributed by atoms with E-state index in [4.69, 9.17) is 0 Å². The van der Waals surface area contributed by atoms with Gasteiger partial charge in [-0.1, -0.05) is 78.9 Å². The summed E-state index contributed by atoms with van der Waals surface area (Å²) in [5, 5.41) is 6.40. The first-order valence-electron chi connectivity index (χ1n) is 12.5. The number of anilines is 1. The molecule has 0 saturated carbocycles. The molecule has 36 heavy (non-hydrogen) atoms. The van der Waals surface area contributed by atoms with E-state index in [0.717, 1.165) is 30.5 Å². The molecule has 186 valence electrons. The molecular weight excluding hydrogens is 448 g/mol. The average molecular weight is 483 g/mol. The first-order chi connectivity index (χ1) is 17.5. The van der Waals surface area contributed by atoms with Gasteiger partial charge in [-0.3, -0.25) is 19.6 Å². The second-order valence-electron chi connectivity index (χ2n) is 9.16. The first kappa shape index (κ1) is 25.2. The highest BCUT2D eigenvalue weighted by molar-refractivity contribution is 5.95. The van der Waals surface area contributed by atoms with Crippen molar-refractivity contribution in [1.82, 2.24) is 14.7 Å². The summed E-state index contributed by atoms with van der Waals surface area (Å²) < 4.78 is 3.33. The minimum Gasteiger partial charge on any atom is -0.319 e. The molecule has 0 fully saturated rings. The molecule has 1 amide bonds. The molecule has 4 aromatic rings. The predicted molar refractivity (Wildman–Crippen MR) is 146 cm³/mol. The topological polar surface area (TPSA) is 68.1 Å². The molecule has 0 aliphatic rings. The minimum atomic E-state index is -0.490. The summed E-state index contributed by atoms with van der Waals surface area (Å²) in [6.07, 6.45) is 2.86. The lowest BCUT2D eigenvalue weighted by molar-refractivity contribution is -0.118. The van der Waals surface area contributed by atoms with Crippen LogP contribution in [0, 0.1) is 6.92 Å². The van der Waals surface area contributed by atoms with Crippen molar-refractivity contribution >= 4 is 11.6 Å². The Hall–Kier alpha value is -3.90. The summed E-state index contributed by atoms with van der Waals surface area (Å²) in [4.78, 5) is 26.4. The highest BCUT2D eigenvalue weighted by Gasteiger charge is 2.23. The summed E-state index contributed by atoms with van der Waals surface area (Å²) in [7, 11) is 1.82. The number of hydrogen-bond acceptors (Lipinski definition) is 3. The number of nitrogens with zero attached hydrogens (tertiary/aromatic N) is 2. The van der Waals surface area contributed by atoms with Gasteiger partial charge < -0.3 is 5.32 Å². The van der Waals surface area contributed by atoms with E-state index in [0.29, 0.717) is 11.4 Å². The van der Waals surface area contributed by atoms with Crippen LogP contribution in [-0.4, -0.2) is 21.3 Å². The number of aryl methyl sites for hydroxylation is 1. The van der Waals surface area contributed by atoms with Crippen molar-refractivity contribution in [3.05, 3.63) is 118 Å². The number of carbonyl (C=O) groups is 1. The summed E-state index contributed by atoms with van der Waals surface area (Å²) in [6.45, 7) is 3.68. The lowest BCUT2D eigenvalue weighted by Crippen LogP contribution is -2.41. The van der Waals surface area contributed by atoms with Crippen LogP contribution >= 0.6 is 0 Å². The van der Waals surface area contributed by atoms with Crippen LogP contribution in [0.4, 0.5) is 5.69 Å². The number of hydrogen-bond donors (Lipinski definition) is 2. The van der Waals surface area contributed by atoms with Gasteiger partial charge in [0.25, 0.3) is 5.56 Å². The highest BCUT2D eigenvalue weighted by atomic mass is 16.2. The van der Waals surface area contributed by atoms with E-state index in [9.17, 15) is 9.59 Å². The monoisotopic (exact) mass is 482 g/mol. The number of carbonyl (C=O) groups excluding carboxylic acids is 1. The maximum atomic E-state index is 13.2. The van der Waals surface area contributed by atoms with E-state index in [-0.39, 0.29) is 17.5 Å². The molecule has 0 saturated heterocycles. The van der Waals surface area contributed by atoms with Crippen LogP contribution in [0.2, 0.25) is 0 Å². The molecule has 3 aromatic carbocycles. The van der Waals surface area contributed by atoms with Gasteiger partial charge in [-0.2, -0.15) is 0 Å². The van der Waals surface area contributed by atoms with E-state index in [1.54, 1.807) is 9.36 Å². The molecule has 2 atom stereocenters. The molecule has 6 heteroatoms. The van der Waals surface area contributed by atoms with Gasteiger partial charge in [0.15, 0.2) is 0 Å². The Morgan fingerprint density at radius 1 is 0.889 bits per heavy atom. The number of rotatable bonds is 10. The second-order valence-corrected chi connectivity index (χ2v) is 9.16. The fraction of sp³-hybridized carbons (Fsp3) is 0.267. The zero-order valence-corrected chi connectivity index (χ0v) is 21.1. The molecule has 0 unspecified atom stereocenters. The molecular formula is C30H34N4O2. The normalized spacial score (nSPS) is 12.8. The number of amides is 1. The first-order valence-corrected chi connectivity index (χ1v) is 12.5. The Morgan fingerprint density at radius 2 is 1.47 bits per heavy atom. The van der Waals surface area contributed by atoms with Crippen LogP contribution in [0.5, 0.6) is 0 Å². The van der Waals surface area contributed by atoms with Crippen LogP contribution in [0.25, 0.3) is 5.69 Å². The predicted octanol–water partition coefficient (Wildman–Crippen LogP) is 5.17. The number of aromatic nitrogens is 2. The van der Waals surface area contributed by atoms with Gasteiger partial charge in [0.2, 0.25) is 5.91 Å². The van der Waals surface area contributed by atoms with Gasteiger partial charge in [-0.25, -0.2) is 4.68 Å². The van der Waals surface area contributed by atoms with E-state index in [1.165, 1.54) is 5.56 Å². The Kier molecular flexibility index (Phi) is 8.18. The fourth-order valence-electron chi connectivity index (χ4n) is 4.51. The van der Waals surface area contributed by atoms with Crippen LogP contribution in [0.3, 0.4) is 0 Å². The average Bonchev–Trinajstić information content (AvgIpc) is 3.12. The number of para-hydroxylation sites is 1. The summed E-state index contributed by atoms with van der Waals surface area (Å²) in [6, 6.07) is 29.6. The Morgan fingerprint density at radius 3 is 2.11 bits per heavy atom. The van der Waals surface area contributed by atoms with Crippen LogP contribution < -0.4 is 16.2 Å². The van der Waals surface area contributed by atoms with Gasteiger partial charge in [-0.05, 0) is 56.4 Å². The van der Waals surface area contributed by atoms with E-state index in [2.05, 4.69) is 47.0 Å². The Balaban J connectivity index is 1.47. The fourth-order valence-corrected chi connectivity index (χ4v) is 4.51. The molecule has 0 bridgehead atoms. The van der Waals surface area contributed by atoms with Crippen LogP contribution in [-0.2, 0) is 18.3 Å². The molecule has 1 heterocycles. The van der Waals surface area contributed by atoms with Crippen LogP contribution in [0.15, 0.2) is 95.8 Å². The van der Waals surface area contributed by atoms with Crippen LogP contribution in [0.1, 0.15) is 42.6 Å². The molecule has 4 rings (SSSR count). The summed E-state index contributed by atoms with van der Waals surface area (Å²) >= 11 is 0. The Labute approximate surface area is 212 Å². The molecule has 2 N–H and O–H groups in total. The largest absolute Gasteiger partial charge is 0.319 e. The van der Waals surface area contributed by atoms with E-state index < -0.39 is 6.04 Å². The smallest absolute Gasteiger partial charge is 0.295 e.